The smallest absolute Gasteiger partial charge is 0.198 e. The van der Waals surface area contributed by atoms with Gasteiger partial charge in [-0.1, -0.05) is 0 Å². The minimum atomic E-state index is -0.460. The zero-order valence-corrected chi connectivity index (χ0v) is 6.13. The molecule has 0 saturated heterocycles. The molecule has 1 heterocycles. The Morgan fingerprint density at radius 1 is 1.33 bits per heavy atom. The summed E-state index contributed by atoms with van der Waals surface area (Å²) in [7, 11) is 0. The fraction of sp³-hybridized carbons (Fsp3) is 0. The summed E-state index contributed by atoms with van der Waals surface area (Å²) >= 11 is 0. The van der Waals surface area contributed by atoms with Gasteiger partial charge in [0.1, 0.15) is 5.52 Å². The summed E-state index contributed by atoms with van der Waals surface area (Å²) in [6.07, 6.45) is 0. The molecule has 1 aromatic carbocycles. The number of nitrogens with zero attached hydrogens (tertiary/aromatic N) is 1. The van der Waals surface area contributed by atoms with Gasteiger partial charge in [0.25, 0.3) is 0 Å². The molecule has 2 rings (SSSR count). The van der Waals surface area contributed by atoms with Gasteiger partial charge in [0.15, 0.2) is 11.8 Å². The van der Waals surface area contributed by atoms with Gasteiger partial charge in [0, 0.05) is 5.69 Å². The van der Waals surface area contributed by atoms with Gasteiger partial charge in [-0.05, 0) is 12.1 Å². The van der Waals surface area contributed by atoms with Crippen LogP contribution in [-0.2, 0) is 0 Å². The number of hydrogen-bond donors (Lipinski definition) is 3. The van der Waals surface area contributed by atoms with E-state index in [9.17, 15) is 4.39 Å². The van der Waals surface area contributed by atoms with Crippen LogP contribution in [0.2, 0.25) is 0 Å². The van der Waals surface area contributed by atoms with Gasteiger partial charge < -0.3 is 16.5 Å². The molecule has 0 radical (unpaired) electrons. The van der Waals surface area contributed by atoms with Crippen molar-refractivity contribution in [3.05, 3.63) is 17.9 Å². The molecular formula is C7H7FN4. The Balaban J connectivity index is 2.88. The quantitative estimate of drug-likeness (QED) is 0.508. The Morgan fingerprint density at radius 3 is 2.83 bits per heavy atom. The Hall–Kier alpha value is -1.78. The molecule has 1 aromatic heterocycles. The molecule has 0 aliphatic heterocycles. The zero-order valence-electron chi connectivity index (χ0n) is 6.13. The highest BCUT2D eigenvalue weighted by Gasteiger charge is 2.05. The number of aromatic amines is 1. The first-order valence-corrected chi connectivity index (χ1v) is 3.37. The number of imidazole rings is 1. The molecule has 0 fully saturated rings. The lowest BCUT2D eigenvalue weighted by molar-refractivity contribution is 0.638. The normalized spacial score (nSPS) is 10.8. The van der Waals surface area contributed by atoms with Gasteiger partial charge in [-0.25, -0.2) is 9.37 Å². The van der Waals surface area contributed by atoms with Crippen molar-refractivity contribution >= 4 is 22.7 Å². The van der Waals surface area contributed by atoms with Crippen LogP contribution in [0.15, 0.2) is 12.1 Å². The first kappa shape index (κ1) is 6.90. The van der Waals surface area contributed by atoms with Crippen molar-refractivity contribution in [1.29, 1.82) is 0 Å². The van der Waals surface area contributed by atoms with Crippen LogP contribution in [0, 0.1) is 5.82 Å². The van der Waals surface area contributed by atoms with E-state index in [1.54, 1.807) is 6.07 Å². The van der Waals surface area contributed by atoms with E-state index in [1.807, 2.05) is 0 Å². The summed E-state index contributed by atoms with van der Waals surface area (Å²) in [4.78, 5) is 6.43. The number of nitrogens with one attached hydrogen (secondary N) is 1. The SMILES string of the molecule is Nc1cc(F)c2nc(N)[nH]c2c1. The van der Waals surface area contributed by atoms with Crippen LogP contribution < -0.4 is 11.5 Å². The summed E-state index contributed by atoms with van der Waals surface area (Å²) in [5.74, 6) is -0.271. The molecule has 0 aliphatic rings. The highest BCUT2D eigenvalue weighted by atomic mass is 19.1. The molecule has 0 saturated carbocycles. The highest BCUT2D eigenvalue weighted by Crippen LogP contribution is 2.19. The molecule has 5 N–H and O–H groups in total. The lowest BCUT2D eigenvalue weighted by Crippen LogP contribution is -1.86. The van der Waals surface area contributed by atoms with Crippen LogP contribution in [0.4, 0.5) is 16.0 Å². The summed E-state index contributed by atoms with van der Waals surface area (Å²) in [5.41, 5.74) is 11.8. The summed E-state index contributed by atoms with van der Waals surface area (Å²) < 4.78 is 13.0. The maximum absolute atomic E-state index is 13.0. The molecule has 0 amide bonds. The van der Waals surface area contributed by atoms with Gasteiger partial charge in [-0.2, -0.15) is 0 Å². The number of nitrogen functional groups attached to an aromatic ring is 2. The van der Waals surface area contributed by atoms with E-state index in [-0.39, 0.29) is 11.5 Å². The van der Waals surface area contributed by atoms with Crippen LogP contribution in [-0.4, -0.2) is 9.97 Å². The van der Waals surface area contributed by atoms with E-state index in [0.29, 0.717) is 11.2 Å². The summed E-state index contributed by atoms with van der Waals surface area (Å²) in [6, 6.07) is 2.80. The van der Waals surface area contributed by atoms with Gasteiger partial charge >= 0.3 is 0 Å². The number of hydrogen-bond acceptors (Lipinski definition) is 3. The fourth-order valence-electron chi connectivity index (χ4n) is 1.12. The van der Waals surface area contributed by atoms with Crippen molar-refractivity contribution in [1.82, 2.24) is 9.97 Å². The monoisotopic (exact) mass is 166 g/mol. The molecule has 2 aromatic rings. The van der Waals surface area contributed by atoms with E-state index in [0.717, 1.165) is 0 Å². The van der Waals surface area contributed by atoms with Crippen LogP contribution in [0.25, 0.3) is 11.0 Å². The number of nitrogens with two attached hydrogens (primary N) is 2. The number of aromatic nitrogens is 2. The van der Waals surface area contributed by atoms with E-state index in [2.05, 4.69) is 9.97 Å². The van der Waals surface area contributed by atoms with Crippen molar-refractivity contribution in [3.8, 4) is 0 Å². The lowest BCUT2D eigenvalue weighted by Gasteiger charge is -1.93. The lowest BCUT2D eigenvalue weighted by atomic mass is 10.3. The van der Waals surface area contributed by atoms with Gasteiger partial charge in [-0.15, -0.1) is 0 Å². The predicted octanol–water partition coefficient (Wildman–Crippen LogP) is 0.866. The van der Waals surface area contributed by atoms with Crippen LogP contribution in [0.5, 0.6) is 0 Å². The number of rotatable bonds is 0. The maximum Gasteiger partial charge on any atom is 0.198 e. The van der Waals surface area contributed by atoms with Gasteiger partial charge in [-0.3, -0.25) is 0 Å². The largest absolute Gasteiger partial charge is 0.399 e. The van der Waals surface area contributed by atoms with Crippen molar-refractivity contribution in [2.75, 3.05) is 11.5 Å². The Labute approximate surface area is 67.4 Å². The molecule has 4 nitrogen and oxygen atoms in total. The third-order valence-electron chi connectivity index (χ3n) is 1.58. The maximum atomic E-state index is 13.0. The number of benzene rings is 1. The molecule has 0 bridgehead atoms. The van der Waals surface area contributed by atoms with Crippen molar-refractivity contribution in [2.24, 2.45) is 0 Å². The van der Waals surface area contributed by atoms with E-state index in [4.69, 9.17) is 11.5 Å². The average Bonchev–Trinajstić information content (AvgIpc) is 2.29. The van der Waals surface area contributed by atoms with Crippen LogP contribution >= 0.6 is 0 Å². The molecule has 62 valence electrons. The van der Waals surface area contributed by atoms with E-state index in [1.165, 1.54) is 6.07 Å². The van der Waals surface area contributed by atoms with E-state index >= 15 is 0 Å². The van der Waals surface area contributed by atoms with Gasteiger partial charge in [0.2, 0.25) is 0 Å². The standard InChI is InChI=1S/C7H7FN4/c8-4-1-3(9)2-5-6(4)12-7(10)11-5/h1-2H,9H2,(H3,10,11,12). The predicted molar refractivity (Wildman–Crippen MR) is 44.9 cm³/mol. The topological polar surface area (TPSA) is 80.7 Å². The Kier molecular flexibility index (Phi) is 1.21. The van der Waals surface area contributed by atoms with Crippen LogP contribution in [0.1, 0.15) is 0 Å². The van der Waals surface area contributed by atoms with Crippen molar-refractivity contribution in [3.63, 3.8) is 0 Å². The average molecular weight is 166 g/mol. The Morgan fingerprint density at radius 2 is 2.08 bits per heavy atom. The molecule has 12 heavy (non-hydrogen) atoms. The number of halogens is 1. The number of H-pyrrole nitrogens is 1. The fourth-order valence-corrected chi connectivity index (χ4v) is 1.12. The number of fused-ring (bicyclic) bond motifs is 1. The van der Waals surface area contributed by atoms with Gasteiger partial charge in [0.05, 0.1) is 5.52 Å². The molecule has 5 heteroatoms. The second-order valence-corrected chi connectivity index (χ2v) is 2.52. The second-order valence-electron chi connectivity index (χ2n) is 2.52. The van der Waals surface area contributed by atoms with Crippen molar-refractivity contribution < 1.29 is 4.39 Å². The third-order valence-corrected chi connectivity index (χ3v) is 1.58. The molecule has 0 spiro atoms. The summed E-state index contributed by atoms with van der Waals surface area (Å²) in [6.45, 7) is 0. The third kappa shape index (κ3) is 0.868. The number of anilines is 2. The highest BCUT2D eigenvalue weighted by molar-refractivity contribution is 5.81. The minimum absolute atomic E-state index is 0.189. The first-order chi connectivity index (χ1) is 5.66. The molecule has 0 aliphatic carbocycles. The molecule has 0 unspecified atom stereocenters. The van der Waals surface area contributed by atoms with E-state index < -0.39 is 5.82 Å². The summed E-state index contributed by atoms with van der Waals surface area (Å²) in [5, 5.41) is 0. The second kappa shape index (κ2) is 2.10. The van der Waals surface area contributed by atoms with Crippen LogP contribution in [0.3, 0.4) is 0 Å². The minimum Gasteiger partial charge on any atom is -0.399 e. The van der Waals surface area contributed by atoms with Crippen molar-refractivity contribution in [2.45, 2.75) is 0 Å². The molecular weight excluding hydrogens is 159 g/mol. The zero-order chi connectivity index (χ0) is 8.72. The molecule has 0 atom stereocenters. The first-order valence-electron chi connectivity index (χ1n) is 3.37. The Bertz CT molecular complexity index is 434.